The molecule has 0 aliphatic carbocycles. The molecule has 0 fully saturated rings. The molecular formula is C10H10N4. The summed E-state index contributed by atoms with van der Waals surface area (Å²) in [5, 5.41) is 34.3. The van der Waals surface area contributed by atoms with Crippen molar-refractivity contribution >= 4 is 0 Å². The van der Waals surface area contributed by atoms with Crippen LogP contribution in [0.15, 0.2) is 0 Å². The smallest absolute Gasteiger partial charge is 0.156 e. The normalized spacial score (nSPS) is 9.14. The van der Waals surface area contributed by atoms with Crippen molar-refractivity contribution in [1.29, 1.82) is 21.0 Å². The number of hydrogen-bond acceptors (Lipinski definition) is 4. The second-order valence-electron chi connectivity index (χ2n) is 3.01. The lowest BCUT2D eigenvalue weighted by Crippen LogP contribution is -2.15. The first-order valence-electron chi connectivity index (χ1n) is 4.31. The van der Waals surface area contributed by atoms with Gasteiger partial charge in [-0.1, -0.05) is 0 Å². The fraction of sp³-hybridized carbons (Fsp3) is 0.600. The van der Waals surface area contributed by atoms with Gasteiger partial charge in [-0.05, 0) is 19.3 Å². The van der Waals surface area contributed by atoms with Crippen molar-refractivity contribution in [2.24, 2.45) is 5.41 Å². The predicted molar refractivity (Wildman–Crippen MR) is 48.0 cm³/mol. The topological polar surface area (TPSA) is 95.2 Å². The Kier molecular flexibility index (Phi) is 5.53. The third-order valence-electron chi connectivity index (χ3n) is 1.95. The van der Waals surface area contributed by atoms with Gasteiger partial charge in [0, 0.05) is 6.42 Å². The first-order valence-corrected chi connectivity index (χ1v) is 4.31. The summed E-state index contributed by atoms with van der Waals surface area (Å²) in [4.78, 5) is 0. The molecule has 0 aromatic heterocycles. The molecule has 0 atom stereocenters. The van der Waals surface area contributed by atoms with Gasteiger partial charge >= 0.3 is 0 Å². The van der Waals surface area contributed by atoms with Crippen molar-refractivity contribution in [2.75, 3.05) is 0 Å². The third kappa shape index (κ3) is 3.57. The molecule has 4 nitrogen and oxygen atoms in total. The number of unbranched alkanes of at least 4 members (excludes halogenated alkanes) is 2. The lowest BCUT2D eigenvalue weighted by Gasteiger charge is -2.13. The molecule has 0 amide bonds. The summed E-state index contributed by atoms with van der Waals surface area (Å²) in [6.07, 6.45) is 2.05. The number of hydrogen-bond donors (Lipinski definition) is 0. The summed E-state index contributed by atoms with van der Waals surface area (Å²) in [6.45, 7) is 0. The van der Waals surface area contributed by atoms with Crippen LogP contribution in [0.5, 0.6) is 0 Å². The molecule has 0 saturated heterocycles. The first-order chi connectivity index (χ1) is 6.74. The fourth-order valence-corrected chi connectivity index (χ4v) is 1.07. The van der Waals surface area contributed by atoms with Crippen molar-refractivity contribution in [1.82, 2.24) is 0 Å². The molecular weight excluding hydrogens is 176 g/mol. The number of rotatable bonds is 5. The van der Waals surface area contributed by atoms with Crippen molar-refractivity contribution in [3.05, 3.63) is 0 Å². The van der Waals surface area contributed by atoms with Gasteiger partial charge in [0.25, 0.3) is 0 Å². The van der Waals surface area contributed by atoms with E-state index < -0.39 is 5.41 Å². The molecule has 0 unspecified atom stereocenters. The lowest BCUT2D eigenvalue weighted by atomic mass is 9.83. The fourth-order valence-electron chi connectivity index (χ4n) is 1.07. The van der Waals surface area contributed by atoms with Crippen LogP contribution in [0.4, 0.5) is 0 Å². The van der Waals surface area contributed by atoms with Crippen LogP contribution in [-0.4, -0.2) is 0 Å². The van der Waals surface area contributed by atoms with Gasteiger partial charge in [-0.15, -0.1) is 0 Å². The monoisotopic (exact) mass is 186 g/mol. The first kappa shape index (κ1) is 12.0. The Morgan fingerprint density at radius 1 is 0.857 bits per heavy atom. The average Bonchev–Trinajstić information content (AvgIpc) is 2.23. The maximum absolute atomic E-state index is 8.78. The van der Waals surface area contributed by atoms with Gasteiger partial charge in [0.05, 0.1) is 30.7 Å². The van der Waals surface area contributed by atoms with Gasteiger partial charge in [0.15, 0.2) is 5.41 Å². The zero-order valence-corrected chi connectivity index (χ0v) is 7.82. The lowest BCUT2D eigenvalue weighted by molar-refractivity contribution is 0.460. The zero-order valence-electron chi connectivity index (χ0n) is 7.82. The van der Waals surface area contributed by atoms with Crippen LogP contribution in [0.2, 0.25) is 0 Å². The van der Waals surface area contributed by atoms with E-state index >= 15 is 0 Å². The van der Waals surface area contributed by atoms with Crippen LogP contribution in [0.25, 0.3) is 0 Å². The van der Waals surface area contributed by atoms with Crippen molar-refractivity contribution in [2.45, 2.75) is 32.1 Å². The second-order valence-corrected chi connectivity index (χ2v) is 3.01. The molecule has 0 aliphatic heterocycles. The summed E-state index contributed by atoms with van der Waals surface area (Å²) in [5.74, 6) is 0. The molecule has 0 saturated carbocycles. The van der Waals surface area contributed by atoms with Gasteiger partial charge in [0.2, 0.25) is 0 Å². The Morgan fingerprint density at radius 2 is 1.50 bits per heavy atom. The van der Waals surface area contributed by atoms with Crippen molar-refractivity contribution in [3.63, 3.8) is 0 Å². The third-order valence-corrected chi connectivity index (χ3v) is 1.95. The summed E-state index contributed by atoms with van der Waals surface area (Å²) < 4.78 is 0. The minimum atomic E-state index is -1.18. The molecule has 0 N–H and O–H groups in total. The van der Waals surface area contributed by atoms with Crippen LogP contribution in [0.3, 0.4) is 0 Å². The molecule has 0 bridgehead atoms. The molecule has 70 valence electrons. The van der Waals surface area contributed by atoms with Crippen molar-refractivity contribution in [3.8, 4) is 24.3 Å². The number of nitriles is 4. The Balaban J connectivity index is 4.15. The zero-order chi connectivity index (χ0) is 10.9. The van der Waals surface area contributed by atoms with E-state index in [0.717, 1.165) is 0 Å². The van der Waals surface area contributed by atoms with E-state index in [0.29, 0.717) is 25.7 Å². The van der Waals surface area contributed by atoms with Gasteiger partial charge in [0.1, 0.15) is 0 Å². The molecule has 0 spiro atoms. The maximum Gasteiger partial charge on any atom is 0.156 e. The number of nitrogens with zero attached hydrogens (tertiary/aromatic N) is 4. The molecule has 14 heavy (non-hydrogen) atoms. The van der Waals surface area contributed by atoms with Crippen LogP contribution in [0, 0.1) is 50.7 Å². The van der Waals surface area contributed by atoms with E-state index in [4.69, 9.17) is 21.0 Å². The van der Waals surface area contributed by atoms with Gasteiger partial charge in [-0.3, -0.25) is 0 Å². The minimum Gasteiger partial charge on any atom is -0.198 e. The largest absolute Gasteiger partial charge is 0.198 e. The molecule has 4 heteroatoms. The Bertz CT molecular complexity index is 317. The van der Waals surface area contributed by atoms with Gasteiger partial charge in [-0.2, -0.15) is 21.0 Å². The van der Waals surface area contributed by atoms with E-state index in [2.05, 4.69) is 0 Å². The van der Waals surface area contributed by atoms with E-state index in [1.165, 1.54) is 0 Å². The van der Waals surface area contributed by atoms with Crippen LogP contribution >= 0.6 is 0 Å². The highest BCUT2D eigenvalue weighted by molar-refractivity contribution is 5.16. The predicted octanol–water partition coefficient (Wildman–Crippen LogP) is 2.02. The molecule has 0 rings (SSSR count). The SMILES string of the molecule is N#CCCCCC(C#N)(C#N)CC#N. The van der Waals surface area contributed by atoms with Gasteiger partial charge < -0.3 is 0 Å². The molecule has 0 radical (unpaired) electrons. The Labute approximate surface area is 83.6 Å². The van der Waals surface area contributed by atoms with Crippen molar-refractivity contribution < 1.29 is 0 Å². The highest BCUT2D eigenvalue weighted by Gasteiger charge is 2.29. The summed E-state index contributed by atoms with van der Waals surface area (Å²) >= 11 is 0. The maximum atomic E-state index is 8.78. The molecule has 0 heterocycles. The Hall–Kier alpha value is -2.04. The summed E-state index contributed by atoms with van der Waals surface area (Å²) in [7, 11) is 0. The second kappa shape index (κ2) is 6.47. The highest BCUT2D eigenvalue weighted by Crippen LogP contribution is 2.26. The minimum absolute atomic E-state index is 0.0629. The summed E-state index contributed by atoms with van der Waals surface area (Å²) in [5.41, 5.74) is -1.18. The molecule has 0 aromatic carbocycles. The van der Waals surface area contributed by atoms with E-state index in [9.17, 15) is 0 Å². The summed E-state index contributed by atoms with van der Waals surface area (Å²) in [6, 6.07) is 7.59. The Morgan fingerprint density at radius 3 is 1.93 bits per heavy atom. The van der Waals surface area contributed by atoms with Crippen LogP contribution in [0.1, 0.15) is 32.1 Å². The van der Waals surface area contributed by atoms with Crippen LogP contribution in [-0.2, 0) is 0 Å². The van der Waals surface area contributed by atoms with Gasteiger partial charge in [-0.25, -0.2) is 0 Å². The average molecular weight is 186 g/mol. The van der Waals surface area contributed by atoms with E-state index in [1.54, 1.807) is 0 Å². The van der Waals surface area contributed by atoms with E-state index in [1.807, 2.05) is 24.3 Å². The quantitative estimate of drug-likeness (QED) is 0.613. The highest BCUT2D eigenvalue weighted by atomic mass is 14.4. The molecule has 0 aliphatic rings. The molecule has 0 aromatic rings. The standard InChI is InChI=1S/C10H10N4/c11-6-3-1-2-4-10(8-13,9-14)5-7-12/h1-5H2. The van der Waals surface area contributed by atoms with Crippen LogP contribution < -0.4 is 0 Å². The van der Waals surface area contributed by atoms with E-state index in [-0.39, 0.29) is 6.42 Å².